The first-order valence-electron chi connectivity index (χ1n) is 6.49. The van der Waals surface area contributed by atoms with Crippen molar-refractivity contribution < 1.29 is 0 Å². The Morgan fingerprint density at radius 3 is 2.50 bits per heavy atom. The van der Waals surface area contributed by atoms with Gasteiger partial charge in [0.05, 0.1) is 5.25 Å². The molecule has 20 heavy (non-hydrogen) atoms. The molecule has 2 aromatic rings. The average Bonchev–Trinajstić information content (AvgIpc) is 2.77. The molecule has 0 fully saturated rings. The third-order valence-electron chi connectivity index (χ3n) is 2.93. The number of pyridine rings is 1. The number of thioether (sulfide) groups is 1. The van der Waals surface area contributed by atoms with Crippen molar-refractivity contribution >= 4 is 11.8 Å². The molecule has 0 spiro atoms. The molecule has 0 saturated heterocycles. The molecule has 6 nitrogen and oxygen atoms in total. The molecule has 3 N–H and O–H groups in total. The molecule has 2 unspecified atom stereocenters. The zero-order valence-electron chi connectivity index (χ0n) is 11.8. The molecule has 0 aliphatic heterocycles. The van der Waals surface area contributed by atoms with Crippen LogP contribution in [0.25, 0.3) is 0 Å². The largest absolute Gasteiger partial charge is 0.344 e. The summed E-state index contributed by atoms with van der Waals surface area (Å²) in [6.45, 7) is 5.85. The standard InChI is InChI=1S/C13H19N5OS/c1-8(2)18-12(19)16-17-13(18)20-11(9(3)14)10-4-6-15-7-5-10/h4-9,11H,14H2,1-3H3,(H,16,19). The molecule has 2 heterocycles. The van der Waals surface area contributed by atoms with E-state index in [0.717, 1.165) is 5.56 Å². The highest BCUT2D eigenvalue weighted by atomic mass is 32.2. The Morgan fingerprint density at radius 1 is 1.30 bits per heavy atom. The maximum absolute atomic E-state index is 11.8. The Hall–Kier alpha value is -1.60. The van der Waals surface area contributed by atoms with Crippen LogP contribution >= 0.6 is 11.8 Å². The van der Waals surface area contributed by atoms with Crippen LogP contribution in [0.1, 0.15) is 37.6 Å². The van der Waals surface area contributed by atoms with Gasteiger partial charge in [-0.05, 0) is 38.5 Å². The van der Waals surface area contributed by atoms with Crippen LogP contribution in [-0.2, 0) is 0 Å². The molecule has 0 radical (unpaired) electrons. The molecular weight excluding hydrogens is 274 g/mol. The monoisotopic (exact) mass is 293 g/mol. The van der Waals surface area contributed by atoms with Crippen LogP contribution in [0.3, 0.4) is 0 Å². The van der Waals surface area contributed by atoms with E-state index in [4.69, 9.17) is 5.73 Å². The van der Waals surface area contributed by atoms with Gasteiger partial charge in [-0.2, -0.15) is 0 Å². The van der Waals surface area contributed by atoms with Crippen LogP contribution in [-0.4, -0.2) is 25.8 Å². The number of aromatic amines is 1. The molecular formula is C13H19N5OS. The highest BCUT2D eigenvalue weighted by Crippen LogP contribution is 2.36. The normalized spacial score (nSPS) is 14.4. The van der Waals surface area contributed by atoms with E-state index in [-0.39, 0.29) is 23.0 Å². The van der Waals surface area contributed by atoms with Crippen molar-refractivity contribution in [1.29, 1.82) is 0 Å². The number of nitrogens with two attached hydrogens (primary N) is 1. The van der Waals surface area contributed by atoms with Gasteiger partial charge in [0.25, 0.3) is 0 Å². The van der Waals surface area contributed by atoms with E-state index in [1.165, 1.54) is 11.8 Å². The van der Waals surface area contributed by atoms with Gasteiger partial charge in [-0.25, -0.2) is 9.89 Å². The number of nitrogens with one attached hydrogen (secondary N) is 1. The number of aromatic nitrogens is 4. The molecule has 0 aliphatic carbocycles. The summed E-state index contributed by atoms with van der Waals surface area (Å²) < 4.78 is 1.64. The van der Waals surface area contributed by atoms with Crippen molar-refractivity contribution in [2.75, 3.05) is 0 Å². The Kier molecular flexibility index (Phi) is 4.61. The van der Waals surface area contributed by atoms with Gasteiger partial charge in [0.2, 0.25) is 0 Å². The Labute approximate surface area is 121 Å². The number of rotatable bonds is 5. The first-order chi connectivity index (χ1) is 9.50. The summed E-state index contributed by atoms with van der Waals surface area (Å²) in [7, 11) is 0. The van der Waals surface area contributed by atoms with Crippen molar-refractivity contribution in [1.82, 2.24) is 19.7 Å². The number of nitrogens with zero attached hydrogens (tertiary/aromatic N) is 3. The molecule has 0 aromatic carbocycles. The molecule has 2 aromatic heterocycles. The molecule has 2 rings (SSSR count). The second kappa shape index (κ2) is 6.23. The van der Waals surface area contributed by atoms with E-state index in [1.54, 1.807) is 17.0 Å². The minimum Gasteiger partial charge on any atom is -0.327 e. The lowest BCUT2D eigenvalue weighted by atomic mass is 10.1. The van der Waals surface area contributed by atoms with Gasteiger partial charge >= 0.3 is 5.69 Å². The van der Waals surface area contributed by atoms with Crippen LogP contribution < -0.4 is 11.4 Å². The molecule has 7 heteroatoms. The summed E-state index contributed by atoms with van der Waals surface area (Å²) in [5, 5.41) is 7.28. The minimum atomic E-state index is -0.194. The smallest absolute Gasteiger partial charge is 0.327 e. The van der Waals surface area contributed by atoms with Gasteiger partial charge < -0.3 is 5.73 Å². The summed E-state index contributed by atoms with van der Waals surface area (Å²) in [6, 6.07) is 3.85. The lowest BCUT2D eigenvalue weighted by Crippen LogP contribution is -2.24. The fourth-order valence-corrected chi connectivity index (χ4v) is 3.22. The molecule has 0 saturated carbocycles. The van der Waals surface area contributed by atoms with Crippen LogP contribution in [0.5, 0.6) is 0 Å². The van der Waals surface area contributed by atoms with Crippen LogP contribution in [0.2, 0.25) is 0 Å². The van der Waals surface area contributed by atoms with Gasteiger partial charge in [-0.15, -0.1) is 5.10 Å². The zero-order chi connectivity index (χ0) is 14.7. The number of H-pyrrole nitrogens is 1. The summed E-state index contributed by atoms with van der Waals surface area (Å²) in [6.07, 6.45) is 3.48. The van der Waals surface area contributed by atoms with E-state index in [9.17, 15) is 4.79 Å². The fraction of sp³-hybridized carbons (Fsp3) is 0.462. The Balaban J connectivity index is 2.33. The molecule has 0 aliphatic rings. The fourth-order valence-electron chi connectivity index (χ4n) is 1.97. The second-order valence-corrected chi connectivity index (χ2v) is 6.06. The van der Waals surface area contributed by atoms with Gasteiger partial charge in [0.15, 0.2) is 5.16 Å². The number of hydrogen-bond acceptors (Lipinski definition) is 5. The minimum absolute atomic E-state index is 0.0192. The predicted molar refractivity (Wildman–Crippen MR) is 79.7 cm³/mol. The van der Waals surface area contributed by atoms with Gasteiger partial charge in [0, 0.05) is 24.5 Å². The van der Waals surface area contributed by atoms with E-state index in [1.807, 2.05) is 32.9 Å². The Morgan fingerprint density at radius 2 is 1.95 bits per heavy atom. The molecule has 0 bridgehead atoms. The van der Waals surface area contributed by atoms with Crippen LogP contribution in [0.15, 0.2) is 34.5 Å². The first-order valence-corrected chi connectivity index (χ1v) is 7.37. The van der Waals surface area contributed by atoms with Crippen molar-refractivity contribution in [2.45, 2.75) is 43.3 Å². The molecule has 108 valence electrons. The van der Waals surface area contributed by atoms with Gasteiger partial charge in [-0.1, -0.05) is 11.8 Å². The summed E-state index contributed by atoms with van der Waals surface area (Å²) in [5.74, 6) is 0. The van der Waals surface area contributed by atoms with Crippen molar-refractivity contribution in [2.24, 2.45) is 5.73 Å². The molecule has 0 amide bonds. The highest BCUT2D eigenvalue weighted by Gasteiger charge is 2.22. The predicted octanol–water partition coefficient (Wildman–Crippen LogP) is 1.73. The summed E-state index contributed by atoms with van der Waals surface area (Å²) in [5.41, 5.74) is 6.96. The molecule has 2 atom stereocenters. The lowest BCUT2D eigenvalue weighted by Gasteiger charge is -2.20. The van der Waals surface area contributed by atoms with E-state index >= 15 is 0 Å². The van der Waals surface area contributed by atoms with Crippen molar-refractivity contribution in [3.8, 4) is 0 Å². The van der Waals surface area contributed by atoms with E-state index in [2.05, 4.69) is 15.2 Å². The third kappa shape index (κ3) is 3.10. The van der Waals surface area contributed by atoms with Crippen molar-refractivity contribution in [3.05, 3.63) is 40.6 Å². The average molecular weight is 293 g/mol. The maximum atomic E-state index is 11.8. The lowest BCUT2D eigenvalue weighted by molar-refractivity contribution is 0.532. The van der Waals surface area contributed by atoms with Crippen molar-refractivity contribution in [3.63, 3.8) is 0 Å². The first kappa shape index (κ1) is 14.8. The Bertz CT molecular complexity index is 605. The van der Waals surface area contributed by atoms with Crippen LogP contribution in [0, 0.1) is 0 Å². The quantitative estimate of drug-likeness (QED) is 0.819. The van der Waals surface area contributed by atoms with Gasteiger partial charge in [-0.3, -0.25) is 9.55 Å². The van der Waals surface area contributed by atoms with E-state index in [0.29, 0.717) is 5.16 Å². The SMILES string of the molecule is CC(N)C(Sc1n[nH]c(=O)n1C(C)C)c1ccncc1. The number of hydrogen-bond donors (Lipinski definition) is 2. The van der Waals surface area contributed by atoms with Crippen LogP contribution in [0.4, 0.5) is 0 Å². The zero-order valence-corrected chi connectivity index (χ0v) is 12.6. The summed E-state index contributed by atoms with van der Waals surface area (Å²) in [4.78, 5) is 15.8. The highest BCUT2D eigenvalue weighted by molar-refractivity contribution is 7.99. The summed E-state index contributed by atoms with van der Waals surface area (Å²) >= 11 is 1.49. The van der Waals surface area contributed by atoms with E-state index < -0.39 is 0 Å². The third-order valence-corrected chi connectivity index (χ3v) is 4.39. The maximum Gasteiger partial charge on any atom is 0.344 e. The van der Waals surface area contributed by atoms with Gasteiger partial charge in [0.1, 0.15) is 0 Å². The topological polar surface area (TPSA) is 89.6 Å². The second-order valence-electron chi connectivity index (χ2n) is 4.95.